The van der Waals surface area contributed by atoms with E-state index in [0.29, 0.717) is 24.5 Å². The third-order valence-electron chi connectivity index (χ3n) is 3.54. The second-order valence-electron chi connectivity index (χ2n) is 4.83. The summed E-state index contributed by atoms with van der Waals surface area (Å²) in [6, 6.07) is 4.47. The van der Waals surface area contributed by atoms with Crippen molar-refractivity contribution in [2.75, 3.05) is 32.1 Å². The molecule has 2 aliphatic rings. The summed E-state index contributed by atoms with van der Waals surface area (Å²) in [5.74, 6) is 0.195. The molecule has 1 aromatic rings. The number of nitrogens with one attached hydrogen (secondary N) is 2. The summed E-state index contributed by atoms with van der Waals surface area (Å²) in [7, 11) is -2.00. The maximum absolute atomic E-state index is 12.5. The molecule has 3 rings (SSSR count). The van der Waals surface area contributed by atoms with Gasteiger partial charge in [-0.2, -0.15) is 4.31 Å². The molecular formula is C12H15N3O4S. The SMILES string of the molecule is CN(C1CNC1)S(=O)(=O)c1ccc2c(c1)NC(=O)CO2. The van der Waals surface area contributed by atoms with Crippen molar-refractivity contribution >= 4 is 21.6 Å². The van der Waals surface area contributed by atoms with Crippen molar-refractivity contribution in [3.63, 3.8) is 0 Å². The number of anilines is 1. The lowest BCUT2D eigenvalue weighted by Crippen LogP contribution is -2.57. The molecule has 1 fully saturated rings. The quantitative estimate of drug-likeness (QED) is 0.793. The smallest absolute Gasteiger partial charge is 0.262 e. The van der Waals surface area contributed by atoms with Crippen LogP contribution in [0.2, 0.25) is 0 Å². The number of sulfonamides is 1. The van der Waals surface area contributed by atoms with Gasteiger partial charge in [0, 0.05) is 26.2 Å². The first kappa shape index (κ1) is 13.3. The van der Waals surface area contributed by atoms with E-state index in [1.807, 2.05) is 0 Å². The highest BCUT2D eigenvalue weighted by Gasteiger charge is 2.32. The fourth-order valence-corrected chi connectivity index (χ4v) is 3.50. The number of rotatable bonds is 3. The van der Waals surface area contributed by atoms with E-state index in [-0.39, 0.29) is 23.5 Å². The monoisotopic (exact) mass is 297 g/mol. The average molecular weight is 297 g/mol. The molecule has 2 aliphatic heterocycles. The van der Waals surface area contributed by atoms with Crippen LogP contribution in [0.15, 0.2) is 23.1 Å². The molecular weight excluding hydrogens is 282 g/mol. The summed E-state index contributed by atoms with van der Waals surface area (Å²) >= 11 is 0. The molecule has 1 saturated heterocycles. The first-order chi connectivity index (χ1) is 9.48. The van der Waals surface area contributed by atoms with Crippen molar-refractivity contribution in [3.05, 3.63) is 18.2 Å². The lowest BCUT2D eigenvalue weighted by atomic mass is 10.2. The van der Waals surface area contributed by atoms with Crippen LogP contribution in [0, 0.1) is 0 Å². The average Bonchev–Trinajstić information content (AvgIpc) is 2.35. The lowest BCUT2D eigenvalue weighted by Gasteiger charge is -2.34. The third kappa shape index (κ3) is 2.15. The van der Waals surface area contributed by atoms with Crippen LogP contribution in [0.3, 0.4) is 0 Å². The molecule has 0 unspecified atom stereocenters. The van der Waals surface area contributed by atoms with Crippen molar-refractivity contribution < 1.29 is 17.9 Å². The summed E-state index contributed by atoms with van der Waals surface area (Å²) in [4.78, 5) is 11.4. The van der Waals surface area contributed by atoms with Gasteiger partial charge in [0.2, 0.25) is 10.0 Å². The Hall–Kier alpha value is -1.64. The van der Waals surface area contributed by atoms with Gasteiger partial charge in [-0.3, -0.25) is 4.79 Å². The predicted octanol–water partition coefficient (Wildman–Crippen LogP) is -0.390. The van der Waals surface area contributed by atoms with Gasteiger partial charge in [-0.05, 0) is 18.2 Å². The molecule has 0 aromatic heterocycles. The zero-order valence-corrected chi connectivity index (χ0v) is 11.7. The van der Waals surface area contributed by atoms with Crippen molar-refractivity contribution in [2.24, 2.45) is 0 Å². The summed E-state index contributed by atoms with van der Waals surface area (Å²) in [6.45, 7) is 1.26. The molecule has 0 spiro atoms. The number of nitrogens with zero attached hydrogens (tertiary/aromatic N) is 1. The normalized spacial score (nSPS) is 19.0. The van der Waals surface area contributed by atoms with E-state index in [0.717, 1.165) is 0 Å². The van der Waals surface area contributed by atoms with Crippen LogP contribution in [-0.4, -0.2) is 51.4 Å². The third-order valence-corrected chi connectivity index (χ3v) is 5.44. The fourth-order valence-electron chi connectivity index (χ4n) is 2.12. The van der Waals surface area contributed by atoms with Crippen molar-refractivity contribution in [1.82, 2.24) is 9.62 Å². The van der Waals surface area contributed by atoms with Gasteiger partial charge in [-0.25, -0.2) is 8.42 Å². The highest BCUT2D eigenvalue weighted by atomic mass is 32.2. The molecule has 2 N–H and O–H groups in total. The fraction of sp³-hybridized carbons (Fsp3) is 0.417. The minimum Gasteiger partial charge on any atom is -0.482 e. The Morgan fingerprint density at radius 3 is 2.75 bits per heavy atom. The Kier molecular flexibility index (Phi) is 3.15. The van der Waals surface area contributed by atoms with E-state index < -0.39 is 10.0 Å². The molecule has 0 radical (unpaired) electrons. The zero-order chi connectivity index (χ0) is 14.3. The van der Waals surface area contributed by atoms with E-state index in [4.69, 9.17) is 4.74 Å². The molecule has 0 saturated carbocycles. The first-order valence-corrected chi connectivity index (χ1v) is 7.68. The minimum absolute atomic E-state index is 0.0260. The van der Waals surface area contributed by atoms with Gasteiger partial charge in [0.1, 0.15) is 5.75 Å². The maximum atomic E-state index is 12.5. The number of hydrogen-bond donors (Lipinski definition) is 2. The summed E-state index contributed by atoms with van der Waals surface area (Å²) in [5.41, 5.74) is 0.391. The van der Waals surface area contributed by atoms with Crippen molar-refractivity contribution in [2.45, 2.75) is 10.9 Å². The van der Waals surface area contributed by atoms with Crippen LogP contribution in [0.25, 0.3) is 0 Å². The Morgan fingerprint density at radius 1 is 1.35 bits per heavy atom. The number of likely N-dealkylation sites (N-methyl/N-ethyl adjacent to an activating group) is 1. The number of carbonyl (C=O) groups is 1. The van der Waals surface area contributed by atoms with Gasteiger partial charge in [0.05, 0.1) is 10.6 Å². The van der Waals surface area contributed by atoms with Crippen LogP contribution in [-0.2, 0) is 14.8 Å². The molecule has 1 amide bonds. The van der Waals surface area contributed by atoms with Gasteiger partial charge < -0.3 is 15.4 Å². The Morgan fingerprint density at radius 2 is 2.10 bits per heavy atom. The molecule has 8 heteroatoms. The number of carbonyl (C=O) groups excluding carboxylic acids is 1. The van der Waals surface area contributed by atoms with E-state index in [2.05, 4.69) is 10.6 Å². The minimum atomic E-state index is -3.56. The number of benzene rings is 1. The largest absolute Gasteiger partial charge is 0.482 e. The summed E-state index contributed by atoms with van der Waals surface area (Å²) in [6.07, 6.45) is 0. The lowest BCUT2D eigenvalue weighted by molar-refractivity contribution is -0.118. The Labute approximate surface area is 117 Å². The summed E-state index contributed by atoms with van der Waals surface area (Å²) < 4.78 is 31.5. The molecule has 20 heavy (non-hydrogen) atoms. The van der Waals surface area contributed by atoms with Crippen molar-refractivity contribution in [3.8, 4) is 5.75 Å². The number of fused-ring (bicyclic) bond motifs is 1. The highest BCUT2D eigenvalue weighted by Crippen LogP contribution is 2.31. The molecule has 0 aliphatic carbocycles. The van der Waals surface area contributed by atoms with E-state index in [1.54, 1.807) is 13.1 Å². The molecule has 2 heterocycles. The Balaban J connectivity index is 1.93. The van der Waals surface area contributed by atoms with Gasteiger partial charge in [-0.15, -0.1) is 0 Å². The Bertz CT molecular complexity index is 655. The number of ether oxygens (including phenoxy) is 1. The van der Waals surface area contributed by atoms with E-state index in [9.17, 15) is 13.2 Å². The molecule has 7 nitrogen and oxygen atoms in total. The predicted molar refractivity (Wildman–Crippen MR) is 72.2 cm³/mol. The summed E-state index contributed by atoms with van der Waals surface area (Å²) in [5, 5.41) is 5.65. The van der Waals surface area contributed by atoms with Crippen LogP contribution in [0.4, 0.5) is 5.69 Å². The highest BCUT2D eigenvalue weighted by molar-refractivity contribution is 7.89. The molecule has 0 bridgehead atoms. The maximum Gasteiger partial charge on any atom is 0.262 e. The molecule has 0 atom stereocenters. The molecule has 108 valence electrons. The van der Waals surface area contributed by atoms with E-state index >= 15 is 0 Å². The number of hydrogen-bond acceptors (Lipinski definition) is 5. The van der Waals surface area contributed by atoms with Gasteiger partial charge in [0.25, 0.3) is 5.91 Å². The van der Waals surface area contributed by atoms with Gasteiger partial charge in [-0.1, -0.05) is 0 Å². The van der Waals surface area contributed by atoms with Crippen LogP contribution in [0.1, 0.15) is 0 Å². The zero-order valence-electron chi connectivity index (χ0n) is 10.9. The van der Waals surface area contributed by atoms with Crippen LogP contribution in [0.5, 0.6) is 5.75 Å². The van der Waals surface area contributed by atoms with Gasteiger partial charge >= 0.3 is 0 Å². The second-order valence-corrected chi connectivity index (χ2v) is 6.83. The van der Waals surface area contributed by atoms with Crippen LogP contribution >= 0.6 is 0 Å². The molecule has 1 aromatic carbocycles. The van der Waals surface area contributed by atoms with E-state index in [1.165, 1.54) is 16.4 Å². The van der Waals surface area contributed by atoms with Gasteiger partial charge in [0.15, 0.2) is 6.61 Å². The topological polar surface area (TPSA) is 87.7 Å². The van der Waals surface area contributed by atoms with Crippen LogP contribution < -0.4 is 15.4 Å². The van der Waals surface area contributed by atoms with Crippen molar-refractivity contribution in [1.29, 1.82) is 0 Å². The standard InChI is InChI=1S/C12H15N3O4S/c1-15(8-5-13-6-8)20(17,18)9-2-3-11-10(4-9)14-12(16)7-19-11/h2-4,8,13H,5-7H2,1H3,(H,14,16). The second kappa shape index (κ2) is 4.72. The number of amides is 1. The first-order valence-electron chi connectivity index (χ1n) is 6.24.